The monoisotopic (exact) mass is 411 g/mol. The first kappa shape index (κ1) is 16.8. The Morgan fingerprint density at radius 1 is 1.19 bits per heavy atom. The van der Waals surface area contributed by atoms with Crippen molar-refractivity contribution in [2.75, 3.05) is 12.4 Å². The zero-order valence-corrected chi connectivity index (χ0v) is 16.1. The van der Waals surface area contributed by atoms with Crippen LogP contribution in [0.2, 0.25) is 0 Å². The van der Waals surface area contributed by atoms with E-state index in [1.165, 1.54) is 5.56 Å². The lowest BCUT2D eigenvalue weighted by Crippen LogP contribution is -2.24. The van der Waals surface area contributed by atoms with Gasteiger partial charge in [-0.25, -0.2) is 4.68 Å². The third kappa shape index (κ3) is 2.90. The molecule has 0 saturated heterocycles. The number of fused-ring (bicyclic) bond motifs is 1. The Hall–Kier alpha value is -2.60. The summed E-state index contributed by atoms with van der Waals surface area (Å²) in [5.41, 5.74) is 4.05. The van der Waals surface area contributed by atoms with Gasteiger partial charge in [0.15, 0.2) is 0 Å². The third-order valence-electron chi connectivity index (χ3n) is 4.67. The number of anilines is 1. The molecular weight excluding hydrogens is 394 g/mol. The van der Waals surface area contributed by atoms with E-state index in [9.17, 15) is 4.79 Å². The lowest BCUT2D eigenvalue weighted by atomic mass is 9.87. The molecule has 4 rings (SSSR count). The van der Waals surface area contributed by atoms with Gasteiger partial charge in [0, 0.05) is 27.9 Å². The molecule has 1 amide bonds. The van der Waals surface area contributed by atoms with Crippen molar-refractivity contribution in [3.63, 3.8) is 0 Å². The van der Waals surface area contributed by atoms with Crippen LogP contribution in [0.4, 0.5) is 5.82 Å². The van der Waals surface area contributed by atoms with Gasteiger partial charge in [0.2, 0.25) is 5.91 Å². The molecule has 5 nitrogen and oxygen atoms in total. The van der Waals surface area contributed by atoms with Crippen LogP contribution in [0.25, 0.3) is 5.69 Å². The predicted octanol–water partition coefficient (Wildman–Crippen LogP) is 4.43. The van der Waals surface area contributed by atoms with Crippen molar-refractivity contribution < 1.29 is 9.53 Å². The van der Waals surface area contributed by atoms with E-state index in [1.54, 1.807) is 11.8 Å². The van der Waals surface area contributed by atoms with Gasteiger partial charge in [-0.15, -0.1) is 0 Å². The van der Waals surface area contributed by atoms with Crippen LogP contribution >= 0.6 is 15.9 Å². The van der Waals surface area contributed by atoms with E-state index in [4.69, 9.17) is 4.74 Å². The summed E-state index contributed by atoms with van der Waals surface area (Å²) >= 11 is 3.52. The van der Waals surface area contributed by atoms with Gasteiger partial charge in [0.25, 0.3) is 0 Å². The van der Waals surface area contributed by atoms with E-state index < -0.39 is 0 Å². The smallest absolute Gasteiger partial charge is 0.226 e. The lowest BCUT2D eigenvalue weighted by molar-refractivity contribution is -0.116. The second kappa shape index (κ2) is 6.61. The highest BCUT2D eigenvalue weighted by Crippen LogP contribution is 2.42. The second-order valence-electron chi connectivity index (χ2n) is 6.39. The molecular formula is C20H18BrN3O2. The minimum absolute atomic E-state index is 0.0293. The second-order valence-corrected chi connectivity index (χ2v) is 7.30. The molecule has 1 unspecified atom stereocenters. The number of carbonyl (C=O) groups excluding carboxylic acids is 1. The maximum absolute atomic E-state index is 12.4. The number of aryl methyl sites for hydroxylation is 1. The van der Waals surface area contributed by atoms with Crippen molar-refractivity contribution in [3.05, 3.63) is 69.8 Å². The molecule has 2 aromatic carbocycles. The topological polar surface area (TPSA) is 56.1 Å². The van der Waals surface area contributed by atoms with E-state index in [1.807, 2.05) is 55.6 Å². The largest absolute Gasteiger partial charge is 0.496 e. The minimum atomic E-state index is -0.106. The Morgan fingerprint density at radius 3 is 2.69 bits per heavy atom. The van der Waals surface area contributed by atoms with E-state index in [2.05, 4.69) is 26.3 Å². The van der Waals surface area contributed by atoms with E-state index in [-0.39, 0.29) is 11.8 Å². The Labute approximate surface area is 160 Å². The first-order chi connectivity index (χ1) is 12.6. The highest BCUT2D eigenvalue weighted by molar-refractivity contribution is 9.10. The van der Waals surface area contributed by atoms with Crippen LogP contribution < -0.4 is 10.1 Å². The first-order valence-electron chi connectivity index (χ1n) is 8.35. The normalized spacial score (nSPS) is 16.1. The summed E-state index contributed by atoms with van der Waals surface area (Å²) in [6, 6.07) is 13.9. The molecule has 1 aliphatic heterocycles. The summed E-state index contributed by atoms with van der Waals surface area (Å²) in [6.07, 6.45) is 2.19. The molecule has 2 heterocycles. The number of nitrogens with zero attached hydrogens (tertiary/aromatic N) is 2. The van der Waals surface area contributed by atoms with E-state index in [0.29, 0.717) is 6.42 Å². The number of rotatable bonds is 3. The fraction of sp³-hybridized carbons (Fsp3) is 0.200. The van der Waals surface area contributed by atoms with Gasteiger partial charge in [-0.3, -0.25) is 4.79 Å². The van der Waals surface area contributed by atoms with Gasteiger partial charge in [-0.1, -0.05) is 33.6 Å². The third-order valence-corrected chi connectivity index (χ3v) is 5.16. The quantitative estimate of drug-likeness (QED) is 0.693. The molecule has 132 valence electrons. The molecule has 0 spiro atoms. The highest BCUT2D eigenvalue weighted by Gasteiger charge is 2.32. The van der Waals surface area contributed by atoms with Crippen molar-refractivity contribution in [3.8, 4) is 11.4 Å². The van der Waals surface area contributed by atoms with Crippen molar-refractivity contribution in [2.24, 2.45) is 0 Å². The van der Waals surface area contributed by atoms with Crippen molar-refractivity contribution in [1.82, 2.24) is 9.78 Å². The summed E-state index contributed by atoms with van der Waals surface area (Å²) in [7, 11) is 1.65. The number of benzene rings is 2. The Bertz CT molecular complexity index is 979. The summed E-state index contributed by atoms with van der Waals surface area (Å²) < 4.78 is 8.26. The van der Waals surface area contributed by atoms with Crippen LogP contribution in [0, 0.1) is 6.92 Å². The van der Waals surface area contributed by atoms with Gasteiger partial charge < -0.3 is 10.1 Å². The molecule has 0 saturated carbocycles. The average Bonchev–Trinajstić information content (AvgIpc) is 3.05. The van der Waals surface area contributed by atoms with Crippen LogP contribution in [-0.2, 0) is 4.79 Å². The van der Waals surface area contributed by atoms with Crippen LogP contribution in [-0.4, -0.2) is 22.8 Å². The SMILES string of the molecule is COc1ccc(Br)cc1C1CC(=O)Nc2c1cnn2-c1ccc(C)cc1. The maximum Gasteiger partial charge on any atom is 0.226 e. The summed E-state index contributed by atoms with van der Waals surface area (Å²) in [6.45, 7) is 2.04. The number of hydrogen-bond acceptors (Lipinski definition) is 3. The average molecular weight is 412 g/mol. The fourth-order valence-corrected chi connectivity index (χ4v) is 3.74. The molecule has 1 N–H and O–H groups in total. The van der Waals surface area contributed by atoms with Crippen LogP contribution in [0.15, 0.2) is 53.1 Å². The Balaban J connectivity index is 1.84. The lowest BCUT2D eigenvalue weighted by Gasteiger charge is -2.25. The van der Waals surface area contributed by atoms with Crippen LogP contribution in [0.3, 0.4) is 0 Å². The number of halogens is 1. The molecule has 1 aromatic heterocycles. The summed E-state index contributed by atoms with van der Waals surface area (Å²) in [4.78, 5) is 12.4. The Morgan fingerprint density at radius 2 is 1.96 bits per heavy atom. The highest BCUT2D eigenvalue weighted by atomic mass is 79.9. The van der Waals surface area contributed by atoms with Crippen LogP contribution in [0.5, 0.6) is 5.75 Å². The maximum atomic E-state index is 12.4. The fourth-order valence-electron chi connectivity index (χ4n) is 3.36. The van der Waals surface area contributed by atoms with Gasteiger partial charge in [-0.2, -0.15) is 5.10 Å². The zero-order valence-electron chi connectivity index (χ0n) is 14.5. The molecule has 0 aliphatic carbocycles. The molecule has 26 heavy (non-hydrogen) atoms. The molecule has 0 radical (unpaired) electrons. The van der Waals surface area contributed by atoms with Crippen molar-refractivity contribution in [1.29, 1.82) is 0 Å². The number of hydrogen-bond donors (Lipinski definition) is 1. The number of ether oxygens (including phenoxy) is 1. The van der Waals surface area contributed by atoms with Gasteiger partial charge in [0.1, 0.15) is 11.6 Å². The molecule has 6 heteroatoms. The number of carbonyl (C=O) groups is 1. The van der Waals surface area contributed by atoms with Gasteiger partial charge in [-0.05, 0) is 37.3 Å². The standard InChI is InChI=1S/C20H18BrN3O2/c1-12-3-6-14(7-4-12)24-20-17(11-22-24)15(10-19(25)23-20)16-9-13(21)5-8-18(16)26-2/h3-9,11,15H,10H2,1-2H3,(H,23,25). The number of amides is 1. The zero-order chi connectivity index (χ0) is 18.3. The summed E-state index contributed by atoms with van der Waals surface area (Å²) in [5, 5.41) is 7.52. The summed E-state index contributed by atoms with van der Waals surface area (Å²) in [5.74, 6) is 1.35. The molecule has 0 bridgehead atoms. The van der Waals surface area contributed by atoms with Gasteiger partial charge in [0.05, 0.1) is 19.0 Å². The van der Waals surface area contributed by atoms with E-state index in [0.717, 1.165) is 32.9 Å². The first-order valence-corrected chi connectivity index (χ1v) is 9.14. The molecule has 1 aliphatic rings. The van der Waals surface area contributed by atoms with Gasteiger partial charge >= 0.3 is 0 Å². The number of aromatic nitrogens is 2. The predicted molar refractivity (Wildman–Crippen MR) is 104 cm³/mol. The molecule has 1 atom stereocenters. The van der Waals surface area contributed by atoms with Crippen molar-refractivity contribution in [2.45, 2.75) is 19.3 Å². The molecule has 0 fully saturated rings. The van der Waals surface area contributed by atoms with Crippen molar-refractivity contribution >= 4 is 27.7 Å². The Kier molecular flexibility index (Phi) is 4.28. The van der Waals surface area contributed by atoms with E-state index >= 15 is 0 Å². The molecule has 3 aromatic rings. The van der Waals surface area contributed by atoms with Crippen LogP contribution in [0.1, 0.15) is 29.0 Å². The number of nitrogens with one attached hydrogen (secondary N) is 1. The number of methoxy groups -OCH3 is 1. The minimum Gasteiger partial charge on any atom is -0.496 e.